The minimum absolute atomic E-state index is 0.325. The van der Waals surface area contributed by atoms with E-state index in [4.69, 9.17) is 32.7 Å². The number of fused-ring (bicyclic) bond motifs is 1. The van der Waals surface area contributed by atoms with E-state index < -0.39 is 0 Å². The maximum atomic E-state index is 6.13. The number of hydrogen-bond acceptors (Lipinski definition) is 3. The first kappa shape index (κ1) is 15.0. The lowest BCUT2D eigenvalue weighted by Crippen LogP contribution is -1.93. The molecule has 3 rings (SSSR count). The number of pyridine rings is 1. The summed E-state index contributed by atoms with van der Waals surface area (Å²) in [6.07, 6.45) is 1.81. The van der Waals surface area contributed by atoms with E-state index in [1.54, 1.807) is 20.3 Å². The van der Waals surface area contributed by atoms with E-state index in [1.807, 2.05) is 34.9 Å². The predicted octanol–water partition coefficient (Wildman–Crippen LogP) is 4.41. The monoisotopic (exact) mass is 336 g/mol. The van der Waals surface area contributed by atoms with Crippen LogP contribution in [0.5, 0.6) is 11.5 Å². The van der Waals surface area contributed by atoms with E-state index >= 15 is 0 Å². The topological polar surface area (TPSA) is 35.8 Å². The van der Waals surface area contributed by atoms with Crippen molar-refractivity contribution in [1.82, 2.24) is 9.38 Å². The van der Waals surface area contributed by atoms with Crippen molar-refractivity contribution < 1.29 is 9.47 Å². The van der Waals surface area contributed by atoms with E-state index in [1.165, 1.54) is 0 Å². The number of nitrogens with zero attached hydrogens (tertiary/aromatic N) is 2. The molecule has 2 heterocycles. The van der Waals surface area contributed by atoms with Crippen molar-refractivity contribution in [3.8, 4) is 22.8 Å². The number of rotatable bonds is 4. The van der Waals surface area contributed by atoms with Crippen LogP contribution in [0.3, 0.4) is 0 Å². The van der Waals surface area contributed by atoms with Crippen LogP contribution in [-0.4, -0.2) is 23.6 Å². The van der Waals surface area contributed by atoms with Gasteiger partial charge in [-0.05, 0) is 30.3 Å². The highest BCUT2D eigenvalue weighted by Crippen LogP contribution is 2.34. The molecule has 0 aliphatic carbocycles. The van der Waals surface area contributed by atoms with Gasteiger partial charge >= 0.3 is 0 Å². The Balaban J connectivity index is 2.21. The fourth-order valence-corrected chi connectivity index (χ4v) is 2.83. The van der Waals surface area contributed by atoms with Gasteiger partial charge in [-0.3, -0.25) is 0 Å². The van der Waals surface area contributed by atoms with Gasteiger partial charge in [0.15, 0.2) is 11.5 Å². The molecule has 0 aliphatic rings. The second-order valence-corrected chi connectivity index (χ2v) is 5.39. The van der Waals surface area contributed by atoms with E-state index in [9.17, 15) is 0 Å². The van der Waals surface area contributed by atoms with Crippen LogP contribution in [0, 0.1) is 0 Å². The zero-order valence-corrected chi connectivity index (χ0v) is 13.6. The van der Waals surface area contributed by atoms with Crippen molar-refractivity contribution in [2.24, 2.45) is 0 Å². The van der Waals surface area contributed by atoms with Crippen LogP contribution in [0.2, 0.25) is 5.02 Å². The minimum Gasteiger partial charge on any atom is -0.493 e. The molecule has 3 aromatic rings. The van der Waals surface area contributed by atoms with E-state index in [0.717, 1.165) is 22.6 Å². The fourth-order valence-electron chi connectivity index (χ4n) is 2.41. The number of methoxy groups -OCH3 is 2. The van der Waals surface area contributed by atoms with Gasteiger partial charge in [-0.15, -0.1) is 11.6 Å². The maximum Gasteiger partial charge on any atom is 0.161 e. The third kappa shape index (κ3) is 2.49. The van der Waals surface area contributed by atoms with Crippen molar-refractivity contribution in [1.29, 1.82) is 0 Å². The van der Waals surface area contributed by atoms with Gasteiger partial charge in [-0.25, -0.2) is 4.98 Å². The van der Waals surface area contributed by atoms with Gasteiger partial charge in [0.1, 0.15) is 5.65 Å². The Bertz CT molecular complexity index is 830. The summed E-state index contributed by atoms with van der Waals surface area (Å²) in [5, 5.41) is 0.634. The van der Waals surface area contributed by atoms with Gasteiger partial charge in [0.2, 0.25) is 0 Å². The molecule has 114 valence electrons. The zero-order chi connectivity index (χ0) is 15.7. The van der Waals surface area contributed by atoms with Crippen molar-refractivity contribution in [3.63, 3.8) is 0 Å². The number of imidazole rings is 1. The van der Waals surface area contributed by atoms with E-state index in [2.05, 4.69) is 4.98 Å². The third-order valence-corrected chi connectivity index (χ3v) is 3.94. The van der Waals surface area contributed by atoms with Gasteiger partial charge < -0.3 is 13.9 Å². The van der Waals surface area contributed by atoms with E-state index in [0.29, 0.717) is 22.4 Å². The number of ether oxygens (including phenoxy) is 2. The molecule has 0 amide bonds. The molecular formula is C16H14Cl2N2O2. The third-order valence-electron chi connectivity index (χ3n) is 3.46. The van der Waals surface area contributed by atoms with Crippen LogP contribution in [-0.2, 0) is 5.88 Å². The number of aromatic nitrogens is 2. The molecule has 0 aliphatic heterocycles. The first-order chi connectivity index (χ1) is 10.7. The first-order valence-corrected chi connectivity index (χ1v) is 7.54. The standard InChI is InChI=1S/C16H14Cl2N2O2/c1-21-13-5-3-10(7-14(13)22-2)16-12(8-17)20-9-11(18)4-6-15(20)19-16/h3-7,9H,8H2,1-2H3. The molecule has 6 heteroatoms. The maximum absolute atomic E-state index is 6.13. The van der Waals surface area contributed by atoms with Crippen LogP contribution < -0.4 is 9.47 Å². The number of hydrogen-bond donors (Lipinski definition) is 0. The summed E-state index contributed by atoms with van der Waals surface area (Å²) in [4.78, 5) is 4.65. The van der Waals surface area contributed by atoms with Gasteiger partial charge in [0, 0.05) is 11.8 Å². The largest absolute Gasteiger partial charge is 0.493 e. The lowest BCUT2D eigenvalue weighted by molar-refractivity contribution is 0.355. The summed E-state index contributed by atoms with van der Waals surface area (Å²) in [7, 11) is 3.21. The van der Waals surface area contributed by atoms with Crippen molar-refractivity contribution in [2.75, 3.05) is 14.2 Å². The minimum atomic E-state index is 0.325. The zero-order valence-electron chi connectivity index (χ0n) is 12.1. The fraction of sp³-hybridized carbons (Fsp3) is 0.188. The SMILES string of the molecule is COc1ccc(-c2nc3ccc(Cl)cn3c2CCl)cc1OC. The van der Waals surface area contributed by atoms with Crippen LogP contribution in [0.4, 0.5) is 0 Å². The summed E-state index contributed by atoms with van der Waals surface area (Å²) in [5.74, 6) is 1.65. The second-order valence-electron chi connectivity index (χ2n) is 4.69. The van der Waals surface area contributed by atoms with Crippen molar-refractivity contribution in [2.45, 2.75) is 5.88 Å². The molecule has 0 radical (unpaired) electrons. The number of halogens is 2. The van der Waals surface area contributed by atoms with Gasteiger partial charge in [0.05, 0.1) is 36.5 Å². The first-order valence-electron chi connectivity index (χ1n) is 6.62. The Morgan fingerprint density at radius 3 is 2.55 bits per heavy atom. The molecule has 0 N–H and O–H groups in total. The highest BCUT2D eigenvalue weighted by molar-refractivity contribution is 6.30. The molecule has 0 unspecified atom stereocenters. The number of benzene rings is 1. The second kappa shape index (κ2) is 6.07. The van der Waals surface area contributed by atoms with Crippen LogP contribution >= 0.6 is 23.2 Å². The molecule has 0 bridgehead atoms. The van der Waals surface area contributed by atoms with Gasteiger partial charge in [0.25, 0.3) is 0 Å². The Morgan fingerprint density at radius 2 is 1.86 bits per heavy atom. The van der Waals surface area contributed by atoms with Gasteiger partial charge in [-0.2, -0.15) is 0 Å². The number of alkyl halides is 1. The Kier molecular flexibility index (Phi) is 4.14. The molecule has 0 spiro atoms. The van der Waals surface area contributed by atoms with Crippen LogP contribution in [0.25, 0.3) is 16.9 Å². The summed E-state index contributed by atoms with van der Waals surface area (Å²) in [5.41, 5.74) is 3.39. The lowest BCUT2D eigenvalue weighted by atomic mass is 10.1. The molecule has 1 aromatic carbocycles. The highest BCUT2D eigenvalue weighted by Gasteiger charge is 2.15. The lowest BCUT2D eigenvalue weighted by Gasteiger charge is -2.09. The Labute approximate surface area is 138 Å². The Hall–Kier alpha value is -1.91. The van der Waals surface area contributed by atoms with Gasteiger partial charge in [-0.1, -0.05) is 11.6 Å². The smallest absolute Gasteiger partial charge is 0.161 e. The average Bonchev–Trinajstić information content (AvgIpc) is 2.91. The molecule has 0 atom stereocenters. The van der Waals surface area contributed by atoms with Crippen LogP contribution in [0.1, 0.15) is 5.69 Å². The molecule has 0 saturated heterocycles. The normalized spacial score (nSPS) is 10.9. The average molecular weight is 337 g/mol. The molecule has 0 saturated carbocycles. The van der Waals surface area contributed by atoms with E-state index in [-0.39, 0.29) is 0 Å². The van der Waals surface area contributed by atoms with Crippen molar-refractivity contribution >= 4 is 28.8 Å². The highest BCUT2D eigenvalue weighted by atomic mass is 35.5. The molecule has 2 aromatic heterocycles. The molecule has 22 heavy (non-hydrogen) atoms. The molecule has 0 fully saturated rings. The van der Waals surface area contributed by atoms with Crippen LogP contribution in [0.15, 0.2) is 36.5 Å². The summed E-state index contributed by atoms with van der Waals surface area (Å²) >= 11 is 12.2. The van der Waals surface area contributed by atoms with Crippen molar-refractivity contribution in [3.05, 3.63) is 47.2 Å². The summed E-state index contributed by atoms with van der Waals surface area (Å²) in [6, 6.07) is 9.34. The predicted molar refractivity (Wildman–Crippen MR) is 88.3 cm³/mol. The molecular weight excluding hydrogens is 323 g/mol. The summed E-state index contributed by atoms with van der Waals surface area (Å²) < 4.78 is 12.5. The quantitative estimate of drug-likeness (QED) is 0.662. The Morgan fingerprint density at radius 1 is 1.09 bits per heavy atom. The summed E-state index contributed by atoms with van der Waals surface area (Å²) in [6.45, 7) is 0. The molecule has 4 nitrogen and oxygen atoms in total.